The summed E-state index contributed by atoms with van der Waals surface area (Å²) in [5.74, 6) is 0.817. The zero-order chi connectivity index (χ0) is 7.23. The average molecular weight is 152 g/mol. The van der Waals surface area contributed by atoms with Crippen molar-refractivity contribution in [2.45, 2.75) is 5.16 Å². The highest BCUT2D eigenvalue weighted by Gasteiger charge is 1.91. The first-order valence-corrected chi connectivity index (χ1v) is 3.71. The second kappa shape index (κ2) is 4.00. The SMILES string of the molecule is C=CCSc1n[c]ncn1. The van der Waals surface area contributed by atoms with Crippen molar-refractivity contribution in [1.82, 2.24) is 15.0 Å². The minimum absolute atomic E-state index is 0.690. The van der Waals surface area contributed by atoms with E-state index in [1.165, 1.54) is 18.1 Å². The van der Waals surface area contributed by atoms with Crippen molar-refractivity contribution in [2.24, 2.45) is 0 Å². The molecule has 1 aromatic rings. The minimum atomic E-state index is 0.690. The van der Waals surface area contributed by atoms with Gasteiger partial charge in [-0.15, -0.1) is 6.58 Å². The molecular weight excluding hydrogens is 146 g/mol. The van der Waals surface area contributed by atoms with Crippen molar-refractivity contribution >= 4 is 11.8 Å². The summed E-state index contributed by atoms with van der Waals surface area (Å²) >= 11 is 1.51. The molecule has 0 aromatic carbocycles. The van der Waals surface area contributed by atoms with Gasteiger partial charge in [-0.25, -0.2) is 9.97 Å². The van der Waals surface area contributed by atoms with Crippen LogP contribution in [0.25, 0.3) is 0 Å². The van der Waals surface area contributed by atoms with Gasteiger partial charge < -0.3 is 0 Å². The normalized spacial score (nSPS) is 9.20. The number of hydrogen-bond acceptors (Lipinski definition) is 4. The maximum atomic E-state index is 3.88. The minimum Gasteiger partial charge on any atom is -0.213 e. The van der Waals surface area contributed by atoms with Gasteiger partial charge in [0.2, 0.25) is 6.33 Å². The Morgan fingerprint density at radius 3 is 3.30 bits per heavy atom. The lowest BCUT2D eigenvalue weighted by Gasteiger charge is -1.90. The molecule has 1 aromatic heterocycles. The predicted octanol–water partition coefficient (Wildman–Crippen LogP) is 0.950. The Balaban J connectivity index is 2.50. The van der Waals surface area contributed by atoms with E-state index in [0.29, 0.717) is 5.16 Å². The largest absolute Gasteiger partial charge is 0.213 e. The van der Waals surface area contributed by atoms with Crippen molar-refractivity contribution in [2.75, 3.05) is 5.75 Å². The zero-order valence-electron chi connectivity index (χ0n) is 5.32. The third kappa shape index (κ3) is 2.14. The highest BCUT2D eigenvalue weighted by molar-refractivity contribution is 7.99. The van der Waals surface area contributed by atoms with E-state index in [-0.39, 0.29) is 0 Å². The Kier molecular flexibility index (Phi) is 2.89. The maximum Gasteiger partial charge on any atom is 0.201 e. The first kappa shape index (κ1) is 7.21. The van der Waals surface area contributed by atoms with E-state index in [0.717, 1.165) is 5.75 Å². The van der Waals surface area contributed by atoms with Crippen LogP contribution in [0.5, 0.6) is 0 Å². The fraction of sp³-hybridized carbons (Fsp3) is 0.167. The van der Waals surface area contributed by atoms with Crippen molar-refractivity contribution in [1.29, 1.82) is 0 Å². The molecule has 1 heterocycles. The van der Waals surface area contributed by atoms with E-state index in [4.69, 9.17) is 0 Å². The van der Waals surface area contributed by atoms with Crippen LogP contribution in [-0.2, 0) is 0 Å². The van der Waals surface area contributed by atoms with Crippen molar-refractivity contribution in [3.05, 3.63) is 25.3 Å². The van der Waals surface area contributed by atoms with Gasteiger partial charge in [-0.3, -0.25) is 0 Å². The van der Waals surface area contributed by atoms with Crippen LogP contribution in [0.2, 0.25) is 0 Å². The second-order valence-electron chi connectivity index (χ2n) is 1.47. The summed E-state index contributed by atoms with van der Waals surface area (Å²) in [5.41, 5.74) is 0. The van der Waals surface area contributed by atoms with Gasteiger partial charge in [-0.2, -0.15) is 4.98 Å². The predicted molar refractivity (Wildman–Crippen MR) is 39.6 cm³/mol. The van der Waals surface area contributed by atoms with E-state index in [1.807, 2.05) is 0 Å². The molecule has 0 unspecified atom stereocenters. The third-order valence-corrected chi connectivity index (χ3v) is 1.62. The van der Waals surface area contributed by atoms with Crippen LogP contribution in [0.4, 0.5) is 0 Å². The van der Waals surface area contributed by atoms with E-state index in [9.17, 15) is 0 Å². The fourth-order valence-electron chi connectivity index (χ4n) is 0.408. The molecule has 0 aliphatic carbocycles. The van der Waals surface area contributed by atoms with Crippen molar-refractivity contribution in [3.8, 4) is 0 Å². The lowest BCUT2D eigenvalue weighted by molar-refractivity contribution is 0.894. The quantitative estimate of drug-likeness (QED) is 0.477. The molecule has 0 amide bonds. The summed E-state index contributed by atoms with van der Waals surface area (Å²) in [4.78, 5) is 11.2. The van der Waals surface area contributed by atoms with Crippen LogP contribution in [0, 0.1) is 6.33 Å². The molecule has 0 N–H and O–H groups in total. The molecular formula is C6H6N3S. The first-order chi connectivity index (χ1) is 4.93. The molecule has 51 valence electrons. The number of aromatic nitrogens is 3. The van der Waals surface area contributed by atoms with Gasteiger partial charge in [0.25, 0.3) is 0 Å². The molecule has 0 spiro atoms. The molecule has 0 aliphatic rings. The Bertz CT molecular complexity index is 199. The van der Waals surface area contributed by atoms with E-state index < -0.39 is 0 Å². The Labute approximate surface area is 63.6 Å². The molecule has 10 heavy (non-hydrogen) atoms. The van der Waals surface area contributed by atoms with Crippen LogP contribution >= 0.6 is 11.8 Å². The Morgan fingerprint density at radius 2 is 2.70 bits per heavy atom. The molecule has 0 saturated carbocycles. The topological polar surface area (TPSA) is 38.7 Å². The van der Waals surface area contributed by atoms with E-state index >= 15 is 0 Å². The van der Waals surface area contributed by atoms with Crippen LogP contribution < -0.4 is 0 Å². The molecule has 4 heteroatoms. The number of nitrogens with zero attached hydrogens (tertiary/aromatic N) is 3. The molecule has 0 saturated heterocycles. The van der Waals surface area contributed by atoms with Gasteiger partial charge >= 0.3 is 0 Å². The zero-order valence-corrected chi connectivity index (χ0v) is 6.14. The number of rotatable bonds is 3. The lowest BCUT2D eigenvalue weighted by atomic mass is 10.8. The van der Waals surface area contributed by atoms with Crippen LogP contribution in [0.3, 0.4) is 0 Å². The molecule has 0 atom stereocenters. The van der Waals surface area contributed by atoms with Crippen LogP contribution in [-0.4, -0.2) is 20.7 Å². The molecule has 0 fully saturated rings. The Hall–Kier alpha value is -0.900. The molecule has 3 nitrogen and oxygen atoms in total. The van der Waals surface area contributed by atoms with E-state index in [2.05, 4.69) is 27.9 Å². The monoisotopic (exact) mass is 152 g/mol. The van der Waals surface area contributed by atoms with Crippen molar-refractivity contribution in [3.63, 3.8) is 0 Å². The summed E-state index contributed by atoms with van der Waals surface area (Å²) in [6, 6.07) is 0. The summed E-state index contributed by atoms with van der Waals surface area (Å²) in [5, 5.41) is 0.690. The first-order valence-electron chi connectivity index (χ1n) is 2.72. The number of thioether (sulfide) groups is 1. The summed E-state index contributed by atoms with van der Waals surface area (Å²) < 4.78 is 0. The van der Waals surface area contributed by atoms with Gasteiger partial charge in [0, 0.05) is 5.75 Å². The fourth-order valence-corrected chi connectivity index (χ4v) is 0.902. The average Bonchev–Trinajstić information content (AvgIpc) is 2.03. The summed E-state index contributed by atoms with van der Waals surface area (Å²) in [6.45, 7) is 3.57. The highest BCUT2D eigenvalue weighted by Crippen LogP contribution is 2.08. The van der Waals surface area contributed by atoms with Gasteiger partial charge in [0.1, 0.15) is 6.33 Å². The molecule has 0 bridgehead atoms. The van der Waals surface area contributed by atoms with Gasteiger partial charge in [0.05, 0.1) is 0 Å². The van der Waals surface area contributed by atoms with Crippen LogP contribution in [0.1, 0.15) is 0 Å². The van der Waals surface area contributed by atoms with Crippen molar-refractivity contribution < 1.29 is 0 Å². The molecule has 1 rings (SSSR count). The lowest BCUT2D eigenvalue weighted by Crippen LogP contribution is -1.86. The van der Waals surface area contributed by atoms with Gasteiger partial charge in [0.15, 0.2) is 5.16 Å². The summed E-state index contributed by atoms with van der Waals surface area (Å²) in [6.07, 6.45) is 5.68. The smallest absolute Gasteiger partial charge is 0.201 e. The Morgan fingerprint density at radius 1 is 1.80 bits per heavy atom. The molecule has 0 aliphatic heterocycles. The summed E-state index contributed by atoms with van der Waals surface area (Å²) in [7, 11) is 0. The third-order valence-electron chi connectivity index (χ3n) is 0.760. The maximum absolute atomic E-state index is 3.88. The highest BCUT2D eigenvalue weighted by atomic mass is 32.2. The second-order valence-corrected chi connectivity index (χ2v) is 2.45. The number of hydrogen-bond donors (Lipinski definition) is 0. The standard InChI is InChI=1S/C6H6N3S/c1-2-3-10-6-8-4-7-5-9-6/h2,4H,1,3H2. The van der Waals surface area contributed by atoms with E-state index in [1.54, 1.807) is 6.08 Å². The van der Waals surface area contributed by atoms with Crippen LogP contribution in [0.15, 0.2) is 24.1 Å². The molecule has 1 radical (unpaired) electrons. The van der Waals surface area contributed by atoms with Gasteiger partial charge in [-0.1, -0.05) is 17.8 Å². The van der Waals surface area contributed by atoms with Gasteiger partial charge in [-0.05, 0) is 0 Å².